The number of methoxy groups -OCH3 is 1. The fraction of sp³-hybridized carbons (Fsp3) is 0.562. The molecule has 1 aromatic carbocycles. The predicted molar refractivity (Wildman–Crippen MR) is 79.1 cm³/mol. The topological polar surface area (TPSA) is 64.3 Å². The summed E-state index contributed by atoms with van der Waals surface area (Å²) in [4.78, 5) is 12.1. The maximum atomic E-state index is 13.4. The van der Waals surface area contributed by atoms with Gasteiger partial charge in [-0.25, -0.2) is 8.78 Å². The van der Waals surface area contributed by atoms with Crippen LogP contribution in [0, 0.1) is 11.6 Å². The molecule has 1 aromatic rings. The first-order valence-electron chi connectivity index (χ1n) is 7.38. The van der Waals surface area contributed by atoms with Gasteiger partial charge in [-0.3, -0.25) is 10.1 Å². The third-order valence-electron chi connectivity index (χ3n) is 4.35. The zero-order valence-corrected chi connectivity index (χ0v) is 12.9. The van der Waals surface area contributed by atoms with Gasteiger partial charge in [-0.1, -0.05) is 12.8 Å². The molecule has 1 unspecified atom stereocenters. The first-order valence-corrected chi connectivity index (χ1v) is 7.38. The van der Waals surface area contributed by atoms with Crippen molar-refractivity contribution >= 4 is 5.97 Å². The van der Waals surface area contributed by atoms with Crippen LogP contribution in [-0.4, -0.2) is 25.2 Å². The first kappa shape index (κ1) is 16.8. The summed E-state index contributed by atoms with van der Waals surface area (Å²) in [6.07, 6.45) is 3.20. The lowest BCUT2D eigenvalue weighted by Gasteiger charge is -2.33. The third-order valence-corrected chi connectivity index (χ3v) is 4.35. The van der Waals surface area contributed by atoms with Gasteiger partial charge in [0, 0.05) is 12.6 Å². The highest BCUT2D eigenvalue weighted by atomic mass is 19.1. The Labute approximate surface area is 129 Å². The van der Waals surface area contributed by atoms with E-state index in [0.717, 1.165) is 18.9 Å². The van der Waals surface area contributed by atoms with Gasteiger partial charge < -0.3 is 10.5 Å². The Morgan fingerprint density at radius 2 is 1.86 bits per heavy atom. The molecule has 1 atom stereocenters. The molecule has 22 heavy (non-hydrogen) atoms. The number of nitrogens with one attached hydrogen (secondary N) is 1. The second kappa shape index (κ2) is 6.30. The van der Waals surface area contributed by atoms with Gasteiger partial charge in [0.1, 0.15) is 17.2 Å². The Bertz CT molecular complexity index is 535. The Morgan fingerprint density at radius 1 is 1.32 bits per heavy atom. The smallest absolute Gasteiger partial charge is 0.326 e. The van der Waals surface area contributed by atoms with Gasteiger partial charge >= 0.3 is 5.97 Å². The van der Waals surface area contributed by atoms with Gasteiger partial charge in [-0.15, -0.1) is 0 Å². The van der Waals surface area contributed by atoms with Crippen LogP contribution in [0.2, 0.25) is 0 Å². The van der Waals surface area contributed by atoms with E-state index in [9.17, 15) is 13.6 Å². The maximum absolute atomic E-state index is 13.4. The number of nitrogens with two attached hydrogens (primary N) is 1. The van der Waals surface area contributed by atoms with Gasteiger partial charge in [0.2, 0.25) is 0 Å². The van der Waals surface area contributed by atoms with Crippen molar-refractivity contribution in [2.45, 2.75) is 43.7 Å². The number of carbonyl (C=O) groups is 1. The van der Waals surface area contributed by atoms with E-state index in [2.05, 4.69) is 5.32 Å². The summed E-state index contributed by atoms with van der Waals surface area (Å²) in [6, 6.07) is 3.23. The standard InChI is InChI=1S/C16H22F2N2O2/c1-15(19,11-7-12(17)9-13(18)8-11)10-20-16(14(21)22-2)5-3-4-6-16/h7-9,20H,3-6,10,19H2,1-2H3. The van der Waals surface area contributed by atoms with Gasteiger partial charge in [-0.2, -0.15) is 0 Å². The zero-order chi connectivity index (χ0) is 16.4. The Balaban J connectivity index is 2.15. The molecule has 0 amide bonds. The molecule has 4 nitrogen and oxygen atoms in total. The molecule has 3 N–H and O–H groups in total. The molecular formula is C16H22F2N2O2. The number of rotatable bonds is 5. The number of hydrogen-bond donors (Lipinski definition) is 2. The van der Waals surface area contributed by atoms with Crippen LogP contribution in [0.3, 0.4) is 0 Å². The van der Waals surface area contributed by atoms with Crippen LogP contribution in [0.25, 0.3) is 0 Å². The molecular weight excluding hydrogens is 290 g/mol. The van der Waals surface area contributed by atoms with Crippen molar-refractivity contribution < 1.29 is 18.3 Å². The van der Waals surface area contributed by atoms with Crippen LogP contribution in [-0.2, 0) is 15.1 Å². The summed E-state index contributed by atoms with van der Waals surface area (Å²) < 4.78 is 31.6. The summed E-state index contributed by atoms with van der Waals surface area (Å²) in [7, 11) is 1.35. The number of halogens is 2. The normalized spacial score (nSPS) is 19.7. The number of carbonyl (C=O) groups excluding carboxylic acids is 1. The molecule has 2 rings (SSSR count). The van der Waals surface area contributed by atoms with Crippen molar-refractivity contribution in [2.75, 3.05) is 13.7 Å². The van der Waals surface area contributed by atoms with Crippen LogP contribution < -0.4 is 11.1 Å². The van der Waals surface area contributed by atoms with E-state index in [1.165, 1.54) is 19.2 Å². The lowest BCUT2D eigenvalue weighted by molar-refractivity contribution is -0.148. The molecule has 0 aliphatic heterocycles. The Morgan fingerprint density at radius 3 is 2.36 bits per heavy atom. The molecule has 0 aromatic heterocycles. The summed E-state index contributed by atoms with van der Waals surface area (Å²) in [5.74, 6) is -1.66. The molecule has 0 heterocycles. The van der Waals surface area contributed by atoms with Crippen molar-refractivity contribution in [3.05, 3.63) is 35.4 Å². The van der Waals surface area contributed by atoms with E-state index in [1.54, 1.807) is 6.92 Å². The molecule has 0 radical (unpaired) electrons. The van der Waals surface area contributed by atoms with Crippen LogP contribution in [0.4, 0.5) is 8.78 Å². The van der Waals surface area contributed by atoms with Crippen molar-refractivity contribution in [1.82, 2.24) is 5.32 Å². The first-order chi connectivity index (χ1) is 10.3. The van der Waals surface area contributed by atoms with E-state index >= 15 is 0 Å². The second-order valence-corrected chi connectivity index (χ2v) is 6.21. The average Bonchev–Trinajstić information content (AvgIpc) is 2.93. The molecule has 0 spiro atoms. The number of hydrogen-bond acceptors (Lipinski definition) is 4. The molecule has 6 heteroatoms. The molecule has 122 valence electrons. The molecule has 1 fully saturated rings. The minimum absolute atomic E-state index is 0.213. The van der Waals surface area contributed by atoms with E-state index < -0.39 is 22.7 Å². The fourth-order valence-electron chi connectivity index (χ4n) is 2.97. The summed E-state index contributed by atoms with van der Waals surface area (Å²) in [6.45, 7) is 1.89. The number of ether oxygens (including phenoxy) is 1. The van der Waals surface area contributed by atoms with Crippen LogP contribution >= 0.6 is 0 Å². The third kappa shape index (κ3) is 3.44. The maximum Gasteiger partial charge on any atom is 0.326 e. The van der Waals surface area contributed by atoms with E-state index in [-0.39, 0.29) is 12.5 Å². The average molecular weight is 312 g/mol. The van der Waals surface area contributed by atoms with E-state index in [0.29, 0.717) is 18.4 Å². The molecule has 1 aliphatic carbocycles. The van der Waals surface area contributed by atoms with Crippen LogP contribution in [0.5, 0.6) is 0 Å². The van der Waals surface area contributed by atoms with Gasteiger partial charge in [0.15, 0.2) is 0 Å². The Kier molecular flexibility index (Phi) is 4.82. The van der Waals surface area contributed by atoms with Gasteiger partial charge in [-0.05, 0) is 37.5 Å². The van der Waals surface area contributed by atoms with Gasteiger partial charge in [0.05, 0.1) is 12.6 Å². The fourth-order valence-corrected chi connectivity index (χ4v) is 2.97. The van der Waals surface area contributed by atoms with Crippen LogP contribution in [0.1, 0.15) is 38.2 Å². The van der Waals surface area contributed by atoms with Gasteiger partial charge in [0.25, 0.3) is 0 Å². The SMILES string of the molecule is COC(=O)C1(NCC(C)(N)c2cc(F)cc(F)c2)CCCC1. The summed E-state index contributed by atoms with van der Waals surface area (Å²) in [5, 5.41) is 3.18. The number of esters is 1. The lowest BCUT2D eigenvalue weighted by atomic mass is 9.90. The molecule has 0 bridgehead atoms. The summed E-state index contributed by atoms with van der Waals surface area (Å²) in [5.41, 5.74) is 4.79. The Hall–Kier alpha value is -1.53. The van der Waals surface area contributed by atoms with Crippen molar-refractivity contribution in [3.8, 4) is 0 Å². The minimum atomic E-state index is -1.01. The minimum Gasteiger partial charge on any atom is -0.468 e. The highest BCUT2D eigenvalue weighted by Gasteiger charge is 2.43. The highest BCUT2D eigenvalue weighted by Crippen LogP contribution is 2.32. The molecule has 1 saturated carbocycles. The quantitative estimate of drug-likeness (QED) is 0.818. The van der Waals surface area contributed by atoms with Crippen molar-refractivity contribution in [3.63, 3.8) is 0 Å². The molecule has 1 aliphatic rings. The monoisotopic (exact) mass is 312 g/mol. The highest BCUT2D eigenvalue weighted by molar-refractivity contribution is 5.81. The van der Waals surface area contributed by atoms with E-state index in [4.69, 9.17) is 10.5 Å². The largest absolute Gasteiger partial charge is 0.468 e. The second-order valence-electron chi connectivity index (χ2n) is 6.21. The lowest BCUT2D eigenvalue weighted by Crippen LogP contribution is -2.56. The van der Waals surface area contributed by atoms with E-state index in [1.807, 2.05) is 0 Å². The zero-order valence-electron chi connectivity index (χ0n) is 12.9. The van der Waals surface area contributed by atoms with Crippen LogP contribution in [0.15, 0.2) is 18.2 Å². The predicted octanol–water partition coefficient (Wildman–Crippen LogP) is 2.21. The summed E-state index contributed by atoms with van der Waals surface area (Å²) >= 11 is 0. The number of benzene rings is 1. The molecule has 0 saturated heterocycles. The van der Waals surface area contributed by atoms with Crippen molar-refractivity contribution in [2.24, 2.45) is 5.73 Å². The van der Waals surface area contributed by atoms with Crippen molar-refractivity contribution in [1.29, 1.82) is 0 Å².